The Kier molecular flexibility index (Phi) is 6.99. The molecule has 0 spiro atoms. The molecule has 2 rings (SSSR count). The minimum absolute atomic E-state index is 0.141. The molecule has 0 bridgehead atoms. The van der Waals surface area contributed by atoms with E-state index in [1.165, 1.54) is 12.1 Å². The molecule has 0 aromatic heterocycles. The second kappa shape index (κ2) is 9.43. The van der Waals surface area contributed by atoms with E-state index in [4.69, 9.17) is 14.7 Å². The van der Waals surface area contributed by atoms with E-state index in [0.717, 1.165) is 5.56 Å². The number of carbonyl (C=O) groups is 2. The van der Waals surface area contributed by atoms with Crippen LogP contribution in [0.4, 0.5) is 5.69 Å². The summed E-state index contributed by atoms with van der Waals surface area (Å²) in [5.41, 5.74) is 3.40. The summed E-state index contributed by atoms with van der Waals surface area (Å²) in [7, 11) is 1.58. The first-order chi connectivity index (χ1) is 12.6. The Labute approximate surface area is 151 Å². The number of methoxy groups -OCH3 is 1. The molecule has 3 N–H and O–H groups in total. The molecular weight excluding hydrogens is 336 g/mol. The first kappa shape index (κ1) is 19.3. The first-order valence-corrected chi connectivity index (χ1v) is 8.21. The fourth-order valence-electron chi connectivity index (χ4n) is 2.39. The maximum Gasteiger partial charge on any atom is 0.274 e. The van der Waals surface area contributed by atoms with Gasteiger partial charge in [-0.15, -0.1) is 0 Å². The van der Waals surface area contributed by atoms with E-state index in [-0.39, 0.29) is 5.91 Å². The Bertz CT molecular complexity index is 759. The molecule has 0 unspecified atom stereocenters. The smallest absolute Gasteiger partial charge is 0.274 e. The van der Waals surface area contributed by atoms with Crippen molar-refractivity contribution in [1.82, 2.24) is 5.48 Å². The number of hydrogen-bond donors (Lipinski definition) is 3. The highest BCUT2D eigenvalue weighted by Gasteiger charge is 2.09. The predicted molar refractivity (Wildman–Crippen MR) is 96.8 cm³/mol. The molecule has 0 aliphatic heterocycles. The van der Waals surface area contributed by atoms with Crippen molar-refractivity contribution in [2.24, 2.45) is 0 Å². The van der Waals surface area contributed by atoms with Crippen LogP contribution in [0.2, 0.25) is 0 Å². The summed E-state index contributed by atoms with van der Waals surface area (Å²) in [5.74, 6) is 0.572. The second-order valence-corrected chi connectivity index (χ2v) is 5.48. The summed E-state index contributed by atoms with van der Waals surface area (Å²) in [6.45, 7) is 2.46. The number of ether oxygens (including phenoxy) is 2. The van der Waals surface area contributed by atoms with Gasteiger partial charge in [0, 0.05) is 17.7 Å². The monoisotopic (exact) mass is 358 g/mol. The molecule has 26 heavy (non-hydrogen) atoms. The summed E-state index contributed by atoms with van der Waals surface area (Å²) in [6, 6.07) is 11.8. The third kappa shape index (κ3) is 5.22. The average Bonchev–Trinajstić information content (AvgIpc) is 2.67. The van der Waals surface area contributed by atoms with Crippen LogP contribution in [-0.4, -0.2) is 30.7 Å². The van der Waals surface area contributed by atoms with E-state index in [1.807, 2.05) is 25.1 Å². The van der Waals surface area contributed by atoms with Crippen molar-refractivity contribution in [3.63, 3.8) is 0 Å². The maximum atomic E-state index is 12.1. The highest BCUT2D eigenvalue weighted by Crippen LogP contribution is 2.28. The van der Waals surface area contributed by atoms with Crippen molar-refractivity contribution in [1.29, 1.82) is 0 Å². The number of rotatable bonds is 8. The quantitative estimate of drug-likeness (QED) is 0.498. The van der Waals surface area contributed by atoms with Crippen LogP contribution < -0.4 is 20.3 Å². The van der Waals surface area contributed by atoms with Crippen LogP contribution in [0.3, 0.4) is 0 Å². The van der Waals surface area contributed by atoms with Crippen LogP contribution in [-0.2, 0) is 11.2 Å². The topological polar surface area (TPSA) is 96.9 Å². The SMILES string of the molecule is CCOc1ccc(CCC(=O)Nc2ccc(C(=O)NO)cc2)cc1OC. The Hall–Kier alpha value is -3.06. The largest absolute Gasteiger partial charge is 0.493 e. The normalized spacial score (nSPS) is 10.1. The zero-order valence-corrected chi connectivity index (χ0v) is 14.7. The lowest BCUT2D eigenvalue weighted by Gasteiger charge is -2.11. The molecule has 0 saturated carbocycles. The maximum absolute atomic E-state index is 12.1. The molecule has 2 aromatic rings. The number of benzene rings is 2. The minimum Gasteiger partial charge on any atom is -0.493 e. The molecule has 0 fully saturated rings. The Balaban J connectivity index is 1.91. The van der Waals surface area contributed by atoms with E-state index >= 15 is 0 Å². The van der Waals surface area contributed by atoms with Gasteiger partial charge in [-0.25, -0.2) is 5.48 Å². The van der Waals surface area contributed by atoms with E-state index < -0.39 is 5.91 Å². The molecule has 2 aromatic carbocycles. The van der Waals surface area contributed by atoms with E-state index in [1.54, 1.807) is 24.7 Å². The molecule has 2 amide bonds. The van der Waals surface area contributed by atoms with Crippen molar-refractivity contribution < 1.29 is 24.3 Å². The van der Waals surface area contributed by atoms with Gasteiger partial charge < -0.3 is 14.8 Å². The minimum atomic E-state index is -0.604. The molecule has 7 heteroatoms. The number of anilines is 1. The van der Waals surface area contributed by atoms with Gasteiger partial charge in [0.25, 0.3) is 5.91 Å². The zero-order chi connectivity index (χ0) is 18.9. The predicted octanol–water partition coefficient (Wildman–Crippen LogP) is 2.78. The second-order valence-electron chi connectivity index (χ2n) is 5.48. The van der Waals surface area contributed by atoms with Crippen LogP contribution in [0.25, 0.3) is 0 Å². The van der Waals surface area contributed by atoms with Crippen LogP contribution in [0.15, 0.2) is 42.5 Å². The number of hydrogen-bond acceptors (Lipinski definition) is 5. The highest BCUT2D eigenvalue weighted by molar-refractivity contribution is 5.95. The third-order valence-electron chi connectivity index (χ3n) is 3.70. The highest BCUT2D eigenvalue weighted by atomic mass is 16.5. The third-order valence-corrected chi connectivity index (χ3v) is 3.70. The molecular formula is C19H22N2O5. The van der Waals surface area contributed by atoms with Gasteiger partial charge in [0.15, 0.2) is 11.5 Å². The van der Waals surface area contributed by atoms with Crippen LogP contribution in [0, 0.1) is 0 Å². The van der Waals surface area contributed by atoms with Crippen molar-refractivity contribution in [2.45, 2.75) is 19.8 Å². The molecule has 0 atom stereocenters. The fourth-order valence-corrected chi connectivity index (χ4v) is 2.39. The zero-order valence-electron chi connectivity index (χ0n) is 14.7. The molecule has 7 nitrogen and oxygen atoms in total. The lowest BCUT2D eigenvalue weighted by atomic mass is 10.1. The molecule has 0 radical (unpaired) electrons. The van der Waals surface area contributed by atoms with Crippen LogP contribution in [0.5, 0.6) is 11.5 Å². The summed E-state index contributed by atoms with van der Waals surface area (Å²) in [5, 5.41) is 11.3. The molecule has 138 valence electrons. The number of carbonyl (C=O) groups excluding carboxylic acids is 2. The number of amides is 2. The van der Waals surface area contributed by atoms with Gasteiger partial charge in [-0.1, -0.05) is 6.07 Å². The summed E-state index contributed by atoms with van der Waals surface area (Å²) >= 11 is 0. The standard InChI is InChI=1S/C19H22N2O5/c1-3-26-16-10-4-13(12-17(16)25-2)5-11-18(22)20-15-8-6-14(7-9-15)19(23)21-24/h4,6-10,12,24H,3,5,11H2,1-2H3,(H,20,22)(H,21,23). The lowest BCUT2D eigenvalue weighted by Crippen LogP contribution is -2.18. The van der Waals surface area contributed by atoms with Gasteiger partial charge in [-0.05, 0) is 55.3 Å². The van der Waals surface area contributed by atoms with E-state index in [0.29, 0.717) is 42.2 Å². The Morgan fingerprint density at radius 3 is 2.42 bits per heavy atom. The van der Waals surface area contributed by atoms with Crippen molar-refractivity contribution >= 4 is 17.5 Å². The van der Waals surface area contributed by atoms with Crippen LogP contribution in [0.1, 0.15) is 29.3 Å². The number of hydroxylamine groups is 1. The average molecular weight is 358 g/mol. The Morgan fingerprint density at radius 1 is 1.08 bits per heavy atom. The van der Waals surface area contributed by atoms with Gasteiger partial charge in [0.1, 0.15) is 0 Å². The summed E-state index contributed by atoms with van der Waals surface area (Å²) in [4.78, 5) is 23.4. The van der Waals surface area contributed by atoms with Crippen LogP contribution >= 0.6 is 0 Å². The molecule has 0 heterocycles. The lowest BCUT2D eigenvalue weighted by molar-refractivity contribution is -0.116. The molecule has 0 aliphatic carbocycles. The molecule has 0 saturated heterocycles. The number of nitrogens with one attached hydrogen (secondary N) is 2. The van der Waals surface area contributed by atoms with Crippen molar-refractivity contribution in [3.8, 4) is 11.5 Å². The van der Waals surface area contributed by atoms with Gasteiger partial charge in [-0.2, -0.15) is 0 Å². The van der Waals surface area contributed by atoms with E-state index in [2.05, 4.69) is 5.32 Å². The van der Waals surface area contributed by atoms with Gasteiger partial charge >= 0.3 is 0 Å². The van der Waals surface area contributed by atoms with Crippen molar-refractivity contribution in [2.75, 3.05) is 19.0 Å². The molecule has 0 aliphatic rings. The summed E-state index contributed by atoms with van der Waals surface area (Å²) < 4.78 is 10.8. The van der Waals surface area contributed by atoms with Crippen molar-refractivity contribution in [3.05, 3.63) is 53.6 Å². The Morgan fingerprint density at radius 2 is 1.81 bits per heavy atom. The number of aryl methyl sites for hydroxylation is 1. The van der Waals surface area contributed by atoms with Gasteiger partial charge in [0.05, 0.1) is 13.7 Å². The van der Waals surface area contributed by atoms with Gasteiger partial charge in [-0.3, -0.25) is 14.8 Å². The summed E-state index contributed by atoms with van der Waals surface area (Å²) in [6.07, 6.45) is 0.857. The fraction of sp³-hybridized carbons (Fsp3) is 0.263. The van der Waals surface area contributed by atoms with E-state index in [9.17, 15) is 9.59 Å². The first-order valence-electron chi connectivity index (χ1n) is 8.21. The van der Waals surface area contributed by atoms with Gasteiger partial charge in [0.2, 0.25) is 5.91 Å².